The van der Waals surface area contributed by atoms with E-state index < -0.39 is 47.9 Å². The SMILES string of the molecule is CN[C@@H](CC(C)C)C(=O)N[C@@H](CCC(=O)O)C(=O)N1CCC[C@@H](OC)[C@H]1CCC(=O)N[C@@H](CCCCN)C(=O)O. The van der Waals surface area contributed by atoms with Gasteiger partial charge in [-0.05, 0) is 70.9 Å². The monoisotopic (exact) mass is 571 g/mol. The molecule has 1 fully saturated rings. The van der Waals surface area contributed by atoms with E-state index in [0.29, 0.717) is 45.2 Å². The number of piperidine rings is 1. The first-order chi connectivity index (χ1) is 18.9. The van der Waals surface area contributed by atoms with Gasteiger partial charge in [0.25, 0.3) is 0 Å². The molecule has 0 saturated carbocycles. The predicted octanol–water partition coefficient (Wildman–Crippen LogP) is 0.455. The van der Waals surface area contributed by atoms with Crippen LogP contribution in [0.1, 0.15) is 78.1 Å². The van der Waals surface area contributed by atoms with Crippen molar-refractivity contribution >= 4 is 29.7 Å². The molecule has 0 spiro atoms. The standard InChI is InChI=1S/C27H49N5O8/c1-17(2)16-20(29-3)25(36)31-18(10-13-24(34)35)26(37)32-15-7-9-22(40-4)21(32)11-12-23(33)30-19(27(38)39)8-5-6-14-28/h17-22,29H,5-16,28H2,1-4H3,(H,30,33)(H,31,36)(H,34,35)(H,38,39)/t18-,19-,20-,21+,22+/m0/s1. The molecule has 13 nitrogen and oxygen atoms in total. The average molecular weight is 572 g/mol. The van der Waals surface area contributed by atoms with E-state index in [0.717, 1.165) is 0 Å². The highest BCUT2D eigenvalue weighted by Crippen LogP contribution is 2.25. The molecule has 7 N–H and O–H groups in total. The number of methoxy groups -OCH3 is 1. The van der Waals surface area contributed by atoms with Crippen LogP contribution >= 0.6 is 0 Å². The Kier molecular flexibility index (Phi) is 16.4. The lowest BCUT2D eigenvalue weighted by Gasteiger charge is -2.42. The van der Waals surface area contributed by atoms with Crippen LogP contribution < -0.4 is 21.7 Å². The zero-order valence-corrected chi connectivity index (χ0v) is 24.3. The first kappa shape index (κ1) is 35.3. The van der Waals surface area contributed by atoms with Crippen LogP contribution in [0.2, 0.25) is 0 Å². The van der Waals surface area contributed by atoms with Crippen molar-refractivity contribution in [1.82, 2.24) is 20.9 Å². The van der Waals surface area contributed by atoms with Crippen molar-refractivity contribution in [3.05, 3.63) is 0 Å². The van der Waals surface area contributed by atoms with Crippen molar-refractivity contribution in [2.45, 2.75) is 108 Å². The predicted molar refractivity (Wildman–Crippen MR) is 148 cm³/mol. The quantitative estimate of drug-likeness (QED) is 0.118. The molecule has 5 atom stereocenters. The molecule has 0 aliphatic carbocycles. The number of carbonyl (C=O) groups excluding carboxylic acids is 3. The summed E-state index contributed by atoms with van der Waals surface area (Å²) in [5.41, 5.74) is 5.47. The number of hydrogen-bond acceptors (Lipinski definition) is 8. The van der Waals surface area contributed by atoms with Gasteiger partial charge in [-0.1, -0.05) is 13.8 Å². The van der Waals surface area contributed by atoms with Gasteiger partial charge >= 0.3 is 11.9 Å². The highest BCUT2D eigenvalue weighted by molar-refractivity contribution is 5.90. The van der Waals surface area contributed by atoms with Gasteiger partial charge in [0.15, 0.2) is 0 Å². The number of ether oxygens (including phenoxy) is 1. The van der Waals surface area contributed by atoms with E-state index in [1.54, 1.807) is 11.9 Å². The van der Waals surface area contributed by atoms with Crippen molar-refractivity contribution in [1.29, 1.82) is 0 Å². The van der Waals surface area contributed by atoms with Gasteiger partial charge in [-0.2, -0.15) is 0 Å². The van der Waals surface area contributed by atoms with E-state index in [1.807, 2.05) is 13.8 Å². The zero-order valence-electron chi connectivity index (χ0n) is 24.3. The number of rotatable bonds is 19. The number of nitrogens with zero attached hydrogens (tertiary/aromatic N) is 1. The summed E-state index contributed by atoms with van der Waals surface area (Å²) in [5, 5.41) is 27.0. The molecule has 230 valence electrons. The number of aliphatic carboxylic acids is 2. The Hall–Kier alpha value is -2.77. The summed E-state index contributed by atoms with van der Waals surface area (Å²) in [6, 6.07) is -3.13. The summed E-state index contributed by atoms with van der Waals surface area (Å²) in [4.78, 5) is 63.9. The molecule has 0 radical (unpaired) electrons. The molecule has 1 heterocycles. The van der Waals surface area contributed by atoms with Crippen LogP contribution in [0.25, 0.3) is 0 Å². The Bertz CT molecular complexity index is 840. The molecule has 3 amide bonds. The van der Waals surface area contributed by atoms with Crippen molar-refractivity contribution in [2.24, 2.45) is 11.7 Å². The molecule has 40 heavy (non-hydrogen) atoms. The van der Waals surface area contributed by atoms with Gasteiger partial charge in [0.2, 0.25) is 17.7 Å². The van der Waals surface area contributed by atoms with Gasteiger partial charge in [-0.25, -0.2) is 4.79 Å². The maximum Gasteiger partial charge on any atom is 0.326 e. The number of nitrogens with two attached hydrogens (primary N) is 1. The third-order valence-corrected chi connectivity index (χ3v) is 7.18. The molecule has 1 aliphatic rings. The van der Waals surface area contributed by atoms with Crippen LogP contribution in [-0.2, 0) is 28.7 Å². The lowest BCUT2D eigenvalue weighted by atomic mass is 9.93. The number of carboxylic acids is 2. The molecule has 0 aromatic carbocycles. The molecule has 13 heteroatoms. The number of amides is 3. The Balaban J connectivity index is 3.04. The van der Waals surface area contributed by atoms with Gasteiger partial charge in [0.05, 0.1) is 18.2 Å². The Labute approximate surface area is 236 Å². The smallest absolute Gasteiger partial charge is 0.326 e. The maximum absolute atomic E-state index is 13.8. The first-order valence-electron chi connectivity index (χ1n) is 14.2. The normalized spacial score (nSPS) is 19.5. The minimum absolute atomic E-state index is 0.0304. The summed E-state index contributed by atoms with van der Waals surface area (Å²) in [7, 11) is 3.18. The molecule has 0 aromatic rings. The molecule has 1 saturated heterocycles. The topological polar surface area (TPSA) is 200 Å². The molecule has 0 bridgehead atoms. The van der Waals surface area contributed by atoms with E-state index in [9.17, 15) is 34.2 Å². The molecule has 0 unspecified atom stereocenters. The number of carboxylic acid groups (broad SMARTS) is 2. The van der Waals surface area contributed by atoms with Crippen molar-refractivity contribution < 1.29 is 38.9 Å². The van der Waals surface area contributed by atoms with Crippen LogP contribution in [-0.4, -0.2) is 102 Å². The molecule has 0 aromatic heterocycles. The fourth-order valence-corrected chi connectivity index (χ4v) is 5.03. The van der Waals surface area contributed by atoms with Crippen molar-refractivity contribution in [3.8, 4) is 0 Å². The highest BCUT2D eigenvalue weighted by Gasteiger charge is 2.38. The number of unbranched alkanes of at least 4 members (excludes halogenated alkanes) is 1. The van der Waals surface area contributed by atoms with Crippen LogP contribution in [0.3, 0.4) is 0 Å². The Morgan fingerprint density at radius 1 is 1.00 bits per heavy atom. The lowest BCUT2D eigenvalue weighted by Crippen LogP contribution is -2.59. The first-order valence-corrected chi connectivity index (χ1v) is 14.2. The largest absolute Gasteiger partial charge is 0.481 e. The van der Waals surface area contributed by atoms with Crippen LogP contribution in [0.4, 0.5) is 0 Å². The van der Waals surface area contributed by atoms with Crippen molar-refractivity contribution in [3.63, 3.8) is 0 Å². The number of likely N-dealkylation sites (N-methyl/N-ethyl adjacent to an activating group) is 1. The second-order valence-corrected chi connectivity index (χ2v) is 10.8. The summed E-state index contributed by atoms with van der Waals surface area (Å²) in [6.45, 7) is 4.75. The van der Waals surface area contributed by atoms with E-state index in [1.165, 1.54) is 7.11 Å². The minimum Gasteiger partial charge on any atom is -0.481 e. The van der Waals surface area contributed by atoms with Crippen LogP contribution in [0.5, 0.6) is 0 Å². The van der Waals surface area contributed by atoms with E-state index >= 15 is 0 Å². The second-order valence-electron chi connectivity index (χ2n) is 10.8. The minimum atomic E-state index is -1.12. The fourth-order valence-electron chi connectivity index (χ4n) is 5.03. The zero-order chi connectivity index (χ0) is 30.2. The van der Waals surface area contributed by atoms with Gasteiger partial charge < -0.3 is 41.5 Å². The van der Waals surface area contributed by atoms with Gasteiger partial charge in [-0.15, -0.1) is 0 Å². The maximum atomic E-state index is 13.8. The van der Waals surface area contributed by atoms with E-state index in [4.69, 9.17) is 10.5 Å². The number of likely N-dealkylation sites (tertiary alicyclic amines) is 1. The third kappa shape index (κ3) is 12.2. The summed E-state index contributed by atoms with van der Waals surface area (Å²) < 4.78 is 5.64. The summed E-state index contributed by atoms with van der Waals surface area (Å²) in [5.74, 6) is -3.24. The third-order valence-electron chi connectivity index (χ3n) is 7.18. The molecule has 1 aliphatic heterocycles. The van der Waals surface area contributed by atoms with Gasteiger partial charge in [0.1, 0.15) is 12.1 Å². The Morgan fingerprint density at radius 3 is 2.25 bits per heavy atom. The van der Waals surface area contributed by atoms with Gasteiger partial charge in [-0.3, -0.25) is 19.2 Å². The lowest BCUT2D eigenvalue weighted by molar-refractivity contribution is -0.146. The fraction of sp³-hybridized carbons (Fsp3) is 0.815. The number of carbonyl (C=O) groups is 5. The molecular weight excluding hydrogens is 522 g/mol. The number of nitrogens with one attached hydrogen (secondary N) is 3. The van der Waals surface area contributed by atoms with E-state index in [-0.39, 0.29) is 50.0 Å². The average Bonchev–Trinajstić information content (AvgIpc) is 2.91. The van der Waals surface area contributed by atoms with Gasteiger partial charge in [0, 0.05) is 26.5 Å². The number of hydrogen-bond donors (Lipinski definition) is 6. The summed E-state index contributed by atoms with van der Waals surface area (Å²) in [6.07, 6.45) is 2.76. The van der Waals surface area contributed by atoms with Crippen LogP contribution in [0.15, 0.2) is 0 Å². The molecular formula is C27H49N5O8. The highest BCUT2D eigenvalue weighted by atomic mass is 16.5. The van der Waals surface area contributed by atoms with Crippen LogP contribution in [0, 0.1) is 5.92 Å². The summed E-state index contributed by atoms with van der Waals surface area (Å²) >= 11 is 0. The second kappa shape index (κ2) is 18.6. The van der Waals surface area contributed by atoms with E-state index in [2.05, 4.69) is 16.0 Å². The van der Waals surface area contributed by atoms with Crippen molar-refractivity contribution in [2.75, 3.05) is 27.2 Å². The Morgan fingerprint density at radius 2 is 1.70 bits per heavy atom. The molecule has 1 rings (SSSR count).